The molecule has 2 aromatic heterocycles. The van der Waals surface area contributed by atoms with Crippen LogP contribution in [0.3, 0.4) is 0 Å². The second kappa shape index (κ2) is 7.05. The number of imidazole rings is 1. The zero-order chi connectivity index (χ0) is 18.8. The summed E-state index contributed by atoms with van der Waals surface area (Å²) in [7, 11) is 1.78. The molecular formula is C20H19N5O2. The number of nitrogens with one attached hydrogen (secondary N) is 1. The number of nitrogens with zero attached hydrogens (tertiary/aromatic N) is 4. The average molecular weight is 361 g/mol. The van der Waals surface area contributed by atoms with Gasteiger partial charge in [-0.2, -0.15) is 5.10 Å². The van der Waals surface area contributed by atoms with E-state index in [9.17, 15) is 9.90 Å². The lowest BCUT2D eigenvalue weighted by Gasteiger charge is -2.17. The molecule has 0 saturated heterocycles. The van der Waals surface area contributed by atoms with Crippen molar-refractivity contribution in [1.82, 2.24) is 24.6 Å². The molecule has 0 unspecified atom stereocenters. The number of aromatic nitrogens is 4. The van der Waals surface area contributed by atoms with Crippen LogP contribution in [0.25, 0.3) is 16.7 Å². The van der Waals surface area contributed by atoms with Gasteiger partial charge in [0.2, 0.25) is 0 Å². The van der Waals surface area contributed by atoms with Gasteiger partial charge in [-0.3, -0.25) is 4.79 Å². The molecule has 0 spiro atoms. The second-order valence-electron chi connectivity index (χ2n) is 6.35. The lowest BCUT2D eigenvalue weighted by atomic mass is 10.1. The summed E-state index contributed by atoms with van der Waals surface area (Å²) in [5, 5.41) is 13.4. The topological polar surface area (TPSA) is 87.0 Å². The zero-order valence-electron chi connectivity index (χ0n) is 14.8. The summed E-state index contributed by atoms with van der Waals surface area (Å²) in [6.45, 7) is 0.341. The van der Waals surface area contributed by atoms with Crippen LogP contribution in [0.4, 0.5) is 0 Å². The van der Waals surface area contributed by atoms with Crippen molar-refractivity contribution in [3.8, 4) is 5.69 Å². The summed E-state index contributed by atoms with van der Waals surface area (Å²) in [5.41, 5.74) is 4.05. The number of amides is 1. The molecule has 2 aromatic carbocycles. The number of rotatable bonds is 5. The maximum Gasteiger partial charge on any atom is 0.253 e. The van der Waals surface area contributed by atoms with E-state index in [0.29, 0.717) is 17.9 Å². The Labute approximate surface area is 155 Å². The summed E-state index contributed by atoms with van der Waals surface area (Å²) in [4.78, 5) is 21.7. The fourth-order valence-electron chi connectivity index (χ4n) is 3.01. The van der Waals surface area contributed by atoms with Gasteiger partial charge < -0.3 is 15.0 Å². The van der Waals surface area contributed by atoms with Gasteiger partial charge >= 0.3 is 0 Å². The van der Waals surface area contributed by atoms with E-state index in [0.717, 1.165) is 22.3 Å². The largest absolute Gasteiger partial charge is 0.388 e. The van der Waals surface area contributed by atoms with E-state index in [2.05, 4.69) is 15.1 Å². The molecule has 0 aliphatic rings. The molecule has 0 saturated carbocycles. The highest BCUT2D eigenvalue weighted by atomic mass is 16.3. The third-order valence-corrected chi connectivity index (χ3v) is 4.40. The van der Waals surface area contributed by atoms with Gasteiger partial charge in [-0.25, -0.2) is 9.67 Å². The van der Waals surface area contributed by atoms with Gasteiger partial charge in [0.15, 0.2) is 0 Å². The van der Waals surface area contributed by atoms with E-state index >= 15 is 0 Å². The van der Waals surface area contributed by atoms with E-state index in [1.165, 1.54) is 0 Å². The molecule has 4 rings (SSSR count). The van der Waals surface area contributed by atoms with Crippen molar-refractivity contribution in [1.29, 1.82) is 0 Å². The predicted molar refractivity (Wildman–Crippen MR) is 101 cm³/mol. The van der Waals surface area contributed by atoms with Gasteiger partial charge in [-0.15, -0.1) is 0 Å². The maximum absolute atomic E-state index is 12.8. The van der Waals surface area contributed by atoms with Crippen molar-refractivity contribution in [2.75, 3.05) is 7.05 Å². The van der Waals surface area contributed by atoms with Crippen LogP contribution in [0.15, 0.2) is 60.9 Å². The molecule has 136 valence electrons. The molecule has 7 heteroatoms. The number of carbonyl (C=O) groups excluding carboxylic acids is 1. The fraction of sp³-hybridized carbons (Fsp3) is 0.150. The van der Waals surface area contributed by atoms with Gasteiger partial charge in [0.1, 0.15) is 12.4 Å². The molecule has 0 bridgehead atoms. The van der Waals surface area contributed by atoms with Gasteiger partial charge in [0, 0.05) is 31.5 Å². The lowest BCUT2D eigenvalue weighted by molar-refractivity contribution is 0.0785. The minimum Gasteiger partial charge on any atom is -0.388 e. The smallest absolute Gasteiger partial charge is 0.253 e. The summed E-state index contributed by atoms with van der Waals surface area (Å²) < 4.78 is 1.79. The molecule has 0 aliphatic heterocycles. The highest BCUT2D eigenvalue weighted by molar-refractivity contribution is 5.97. The SMILES string of the molecule is CN(Cc1ccc(-n2cccn2)cc1)C(=O)c1ccc2nc(CO)[nH]c2c1. The Morgan fingerprint density at radius 2 is 2.04 bits per heavy atom. The normalized spacial score (nSPS) is 11.0. The summed E-state index contributed by atoms with van der Waals surface area (Å²) in [6, 6.07) is 15.1. The van der Waals surface area contributed by atoms with Crippen LogP contribution in [-0.2, 0) is 13.2 Å². The first-order valence-corrected chi connectivity index (χ1v) is 8.58. The molecule has 4 aromatic rings. The first-order chi connectivity index (χ1) is 13.1. The van der Waals surface area contributed by atoms with Crippen molar-refractivity contribution >= 4 is 16.9 Å². The zero-order valence-corrected chi connectivity index (χ0v) is 14.8. The maximum atomic E-state index is 12.8. The molecule has 0 aliphatic carbocycles. The van der Waals surface area contributed by atoms with Gasteiger partial charge in [0.25, 0.3) is 5.91 Å². The summed E-state index contributed by atoms with van der Waals surface area (Å²) in [6.07, 6.45) is 3.62. The molecule has 0 fully saturated rings. The van der Waals surface area contributed by atoms with Crippen molar-refractivity contribution in [2.24, 2.45) is 0 Å². The van der Waals surface area contributed by atoms with Crippen LogP contribution in [0.2, 0.25) is 0 Å². The monoisotopic (exact) mass is 361 g/mol. The number of carbonyl (C=O) groups is 1. The van der Waals surface area contributed by atoms with Crippen LogP contribution >= 0.6 is 0 Å². The van der Waals surface area contributed by atoms with Crippen LogP contribution in [0, 0.1) is 0 Å². The third-order valence-electron chi connectivity index (χ3n) is 4.40. The van der Waals surface area contributed by atoms with Gasteiger partial charge in [-0.05, 0) is 42.0 Å². The molecule has 2 heterocycles. The Hall–Kier alpha value is -3.45. The number of hydrogen-bond donors (Lipinski definition) is 2. The Bertz CT molecular complexity index is 1070. The molecule has 7 nitrogen and oxygen atoms in total. The Morgan fingerprint density at radius 3 is 2.74 bits per heavy atom. The van der Waals surface area contributed by atoms with E-state index in [-0.39, 0.29) is 12.5 Å². The number of fused-ring (bicyclic) bond motifs is 1. The Morgan fingerprint density at radius 1 is 1.22 bits per heavy atom. The minimum absolute atomic E-state index is 0.0757. The number of H-pyrrole nitrogens is 1. The molecule has 0 atom stereocenters. The Balaban J connectivity index is 1.49. The number of aliphatic hydroxyl groups is 1. The lowest BCUT2D eigenvalue weighted by Crippen LogP contribution is -2.26. The number of hydrogen-bond acceptors (Lipinski definition) is 4. The van der Waals surface area contributed by atoms with Crippen molar-refractivity contribution in [3.63, 3.8) is 0 Å². The highest BCUT2D eigenvalue weighted by Gasteiger charge is 2.14. The van der Waals surface area contributed by atoms with Crippen molar-refractivity contribution < 1.29 is 9.90 Å². The number of aliphatic hydroxyl groups excluding tert-OH is 1. The van der Waals surface area contributed by atoms with E-state index in [1.807, 2.05) is 36.5 Å². The summed E-state index contributed by atoms with van der Waals surface area (Å²) in [5.74, 6) is 0.411. The van der Waals surface area contributed by atoms with Gasteiger partial charge in [-0.1, -0.05) is 12.1 Å². The van der Waals surface area contributed by atoms with Crippen LogP contribution in [0.5, 0.6) is 0 Å². The highest BCUT2D eigenvalue weighted by Crippen LogP contribution is 2.17. The van der Waals surface area contributed by atoms with E-state index in [4.69, 9.17) is 0 Å². The van der Waals surface area contributed by atoms with E-state index in [1.54, 1.807) is 41.0 Å². The second-order valence-corrected chi connectivity index (χ2v) is 6.35. The van der Waals surface area contributed by atoms with E-state index < -0.39 is 0 Å². The molecular weight excluding hydrogens is 342 g/mol. The third kappa shape index (κ3) is 3.45. The van der Waals surface area contributed by atoms with Crippen LogP contribution < -0.4 is 0 Å². The molecule has 27 heavy (non-hydrogen) atoms. The van der Waals surface area contributed by atoms with Crippen molar-refractivity contribution in [3.05, 3.63) is 77.9 Å². The predicted octanol–water partition coefficient (Wildman–Crippen LogP) is 2.51. The quantitative estimate of drug-likeness (QED) is 0.572. The van der Waals surface area contributed by atoms with Crippen LogP contribution in [-0.4, -0.2) is 42.7 Å². The Kier molecular flexibility index (Phi) is 4.43. The first-order valence-electron chi connectivity index (χ1n) is 8.58. The number of benzene rings is 2. The summed E-state index contributed by atoms with van der Waals surface area (Å²) >= 11 is 0. The standard InChI is InChI=1S/C20H19N5O2/c1-24(12-14-3-6-16(7-4-14)25-10-2-9-21-25)20(27)15-5-8-17-18(11-15)23-19(13-26)22-17/h2-11,26H,12-13H2,1H3,(H,22,23). The first kappa shape index (κ1) is 17.0. The van der Waals surface area contributed by atoms with Crippen molar-refractivity contribution in [2.45, 2.75) is 13.2 Å². The average Bonchev–Trinajstić information content (AvgIpc) is 3.36. The van der Waals surface area contributed by atoms with Crippen LogP contribution in [0.1, 0.15) is 21.7 Å². The number of aromatic amines is 1. The molecule has 1 amide bonds. The molecule has 2 N–H and O–H groups in total. The fourth-order valence-corrected chi connectivity index (χ4v) is 3.01. The molecule has 0 radical (unpaired) electrons. The van der Waals surface area contributed by atoms with Gasteiger partial charge in [0.05, 0.1) is 16.7 Å². The minimum atomic E-state index is -0.160.